The fraction of sp³-hybridized carbons (Fsp3) is 0.600. The normalized spacial score (nSPS) is 14.8. The summed E-state index contributed by atoms with van der Waals surface area (Å²) < 4.78 is 42.1. The predicted octanol–water partition coefficient (Wildman–Crippen LogP) is -1.25. The first kappa shape index (κ1) is 26.6. The summed E-state index contributed by atoms with van der Waals surface area (Å²) in [7, 11) is 3.65. The third-order valence-corrected chi connectivity index (χ3v) is 6.85. The van der Waals surface area contributed by atoms with Gasteiger partial charge in [0.25, 0.3) is 10.1 Å². The molecule has 2 rings (SSSR count). The molecule has 0 aliphatic heterocycles. The van der Waals surface area contributed by atoms with Crippen LogP contribution >= 0.6 is 0 Å². The number of rotatable bonds is 10. The molecule has 1 aliphatic rings. The molecule has 0 spiro atoms. The Bertz CT molecular complexity index is 944. The lowest BCUT2D eigenvalue weighted by Crippen LogP contribution is -2.27. The van der Waals surface area contributed by atoms with Crippen LogP contribution in [0.4, 0.5) is 0 Å². The highest BCUT2D eigenvalue weighted by Crippen LogP contribution is 2.32. The van der Waals surface area contributed by atoms with E-state index in [0.717, 1.165) is 60.7 Å². The minimum Gasteiger partial charge on any atom is -0.461 e. The van der Waals surface area contributed by atoms with E-state index in [0.29, 0.717) is 19.0 Å². The number of esters is 2. The van der Waals surface area contributed by atoms with Crippen molar-refractivity contribution >= 4 is 53.4 Å². The van der Waals surface area contributed by atoms with Crippen molar-refractivity contribution in [3.05, 3.63) is 33.4 Å². The van der Waals surface area contributed by atoms with Gasteiger partial charge < -0.3 is 9.47 Å². The number of hydrogen-bond donors (Lipinski definition) is 1. The molecular formula is C20H32B4O7S. The van der Waals surface area contributed by atoms with Crippen LogP contribution in [0.2, 0.25) is 0 Å². The van der Waals surface area contributed by atoms with Gasteiger partial charge in [0.2, 0.25) is 0 Å². The average molecular weight is 460 g/mol. The largest absolute Gasteiger partial charge is 0.461 e. The van der Waals surface area contributed by atoms with Crippen LogP contribution in [0, 0.1) is 0 Å². The van der Waals surface area contributed by atoms with E-state index in [2.05, 4.69) is 0 Å². The Balaban J connectivity index is 2.60. The van der Waals surface area contributed by atoms with Crippen LogP contribution < -0.4 is 0 Å². The molecule has 0 saturated heterocycles. The fourth-order valence-electron chi connectivity index (χ4n) is 4.76. The molecule has 0 aromatic heterocycles. The van der Waals surface area contributed by atoms with Crippen LogP contribution in [0.25, 0.3) is 0 Å². The summed E-state index contributed by atoms with van der Waals surface area (Å²) >= 11 is 0. The number of carbonyl (C=O) groups excluding carboxylic acids is 2. The molecule has 172 valence electrons. The second-order valence-electron chi connectivity index (χ2n) is 8.17. The summed E-state index contributed by atoms with van der Waals surface area (Å²) in [6.45, 7) is -0.490. The zero-order chi connectivity index (χ0) is 23.9. The molecule has 0 heterocycles. The minimum absolute atomic E-state index is 0.162. The molecule has 1 N–H and O–H groups in total. The number of benzene rings is 1. The lowest BCUT2D eigenvalue weighted by atomic mass is 9.72. The highest BCUT2D eigenvalue weighted by molar-refractivity contribution is 7.85. The first-order chi connectivity index (χ1) is 15.2. The Morgan fingerprint density at radius 1 is 0.812 bits per heavy atom. The third kappa shape index (κ3) is 6.44. The van der Waals surface area contributed by atoms with Crippen molar-refractivity contribution in [1.29, 1.82) is 0 Å². The first-order valence-corrected chi connectivity index (χ1v) is 13.3. The fourth-order valence-corrected chi connectivity index (χ4v) is 5.05. The molecule has 0 bridgehead atoms. The van der Waals surface area contributed by atoms with Crippen molar-refractivity contribution < 1.29 is 32.0 Å². The van der Waals surface area contributed by atoms with Crippen LogP contribution in [0.1, 0.15) is 75.1 Å². The van der Waals surface area contributed by atoms with Crippen molar-refractivity contribution in [2.24, 2.45) is 0 Å². The Kier molecular flexibility index (Phi) is 9.95. The Hall–Kier alpha value is -1.67. The highest BCUT2D eigenvalue weighted by Gasteiger charge is 2.31. The molecule has 12 heteroatoms. The summed E-state index contributed by atoms with van der Waals surface area (Å²) in [6, 6.07) is 0. The highest BCUT2D eigenvalue weighted by atomic mass is 32.2. The van der Waals surface area contributed by atoms with E-state index in [9.17, 15) is 18.0 Å². The smallest absolute Gasteiger partial charge is 0.339 e. The topological polar surface area (TPSA) is 107 Å². The summed E-state index contributed by atoms with van der Waals surface area (Å²) in [5.41, 5.74) is 4.06. The lowest BCUT2D eigenvalue weighted by Gasteiger charge is -2.26. The Labute approximate surface area is 194 Å². The second-order valence-corrected chi connectivity index (χ2v) is 9.74. The Morgan fingerprint density at radius 3 is 1.72 bits per heavy atom. The van der Waals surface area contributed by atoms with E-state index >= 15 is 0 Å². The van der Waals surface area contributed by atoms with Gasteiger partial charge in [-0.05, 0) is 47.9 Å². The van der Waals surface area contributed by atoms with Crippen molar-refractivity contribution in [2.45, 2.75) is 63.5 Å². The summed E-state index contributed by atoms with van der Waals surface area (Å²) in [5, 5.41) is 0. The summed E-state index contributed by atoms with van der Waals surface area (Å²) in [6.07, 6.45) is 7.12. The monoisotopic (exact) mass is 460 g/mol. The number of hydrogen-bond acceptors (Lipinski definition) is 6. The molecular weight excluding hydrogens is 428 g/mol. The first-order valence-electron chi connectivity index (χ1n) is 11.7. The molecule has 0 amide bonds. The molecule has 7 nitrogen and oxygen atoms in total. The Morgan fingerprint density at radius 2 is 1.28 bits per heavy atom. The molecule has 1 fully saturated rings. The maximum absolute atomic E-state index is 13.4. The SMILES string of the molecule is BCc1c(CB)c(CB)c(C(=O)OC2CCCCC2)c(C(=O)OCCS(=O)(=O)O)c1CB. The molecule has 1 saturated carbocycles. The van der Waals surface area contributed by atoms with Gasteiger partial charge in [-0.3, -0.25) is 4.55 Å². The van der Waals surface area contributed by atoms with Gasteiger partial charge in [-0.1, -0.05) is 31.7 Å². The van der Waals surface area contributed by atoms with Gasteiger partial charge in [0, 0.05) is 0 Å². The van der Waals surface area contributed by atoms with E-state index in [1.807, 2.05) is 31.4 Å². The minimum atomic E-state index is -4.27. The number of ether oxygens (including phenoxy) is 2. The van der Waals surface area contributed by atoms with E-state index in [1.165, 1.54) is 0 Å². The van der Waals surface area contributed by atoms with E-state index in [-0.39, 0.29) is 17.2 Å². The van der Waals surface area contributed by atoms with Gasteiger partial charge in [-0.2, -0.15) is 8.42 Å². The van der Waals surface area contributed by atoms with Gasteiger partial charge in [-0.25, -0.2) is 9.59 Å². The molecule has 1 aromatic carbocycles. The third-order valence-electron chi connectivity index (χ3n) is 6.17. The second kappa shape index (κ2) is 12.0. The standard InChI is InChI=1S/C20H32B4O7S/c21-8-13-14(9-22)16(11-24)18(20(26)31-12-4-2-1-3-5-12)17(15(13)10-23)19(25)30-6-7-32(27,28)29/h12H,1-11,21-24H2,(H,27,28,29). The van der Waals surface area contributed by atoms with Gasteiger partial charge >= 0.3 is 11.9 Å². The molecule has 1 aliphatic carbocycles. The zero-order valence-corrected chi connectivity index (χ0v) is 20.5. The van der Waals surface area contributed by atoms with E-state index in [4.69, 9.17) is 14.0 Å². The molecule has 0 atom stereocenters. The average Bonchev–Trinajstić information content (AvgIpc) is 2.76. The van der Waals surface area contributed by atoms with E-state index < -0.39 is 34.4 Å². The van der Waals surface area contributed by atoms with Crippen molar-refractivity contribution in [2.75, 3.05) is 12.4 Å². The van der Waals surface area contributed by atoms with Gasteiger partial charge in [0.1, 0.15) is 49.8 Å². The quantitative estimate of drug-likeness (QED) is 0.265. The van der Waals surface area contributed by atoms with Crippen molar-refractivity contribution in [3.63, 3.8) is 0 Å². The summed E-state index contributed by atoms with van der Waals surface area (Å²) in [4.78, 5) is 26.6. The van der Waals surface area contributed by atoms with Crippen LogP contribution in [-0.2, 0) is 44.9 Å². The van der Waals surface area contributed by atoms with Gasteiger partial charge in [-0.15, -0.1) is 0 Å². The van der Waals surface area contributed by atoms with Crippen LogP contribution in [0.3, 0.4) is 0 Å². The predicted molar refractivity (Wildman–Crippen MR) is 134 cm³/mol. The van der Waals surface area contributed by atoms with Gasteiger partial charge in [0.05, 0.1) is 11.1 Å². The van der Waals surface area contributed by atoms with Crippen molar-refractivity contribution in [1.82, 2.24) is 0 Å². The van der Waals surface area contributed by atoms with Crippen LogP contribution in [-0.4, -0.2) is 74.8 Å². The maximum atomic E-state index is 13.4. The van der Waals surface area contributed by atoms with Gasteiger partial charge in [0.15, 0.2) is 0 Å². The molecule has 1 aromatic rings. The lowest BCUT2D eigenvalue weighted by molar-refractivity contribution is 0.0202. The van der Waals surface area contributed by atoms with Crippen LogP contribution in [0.5, 0.6) is 0 Å². The van der Waals surface area contributed by atoms with E-state index in [1.54, 1.807) is 0 Å². The molecule has 0 unspecified atom stereocenters. The maximum Gasteiger partial charge on any atom is 0.339 e. The van der Waals surface area contributed by atoms with Crippen molar-refractivity contribution in [3.8, 4) is 0 Å². The molecule has 0 radical (unpaired) electrons. The number of carbonyl (C=O) groups is 2. The zero-order valence-electron chi connectivity index (χ0n) is 19.7. The summed E-state index contributed by atoms with van der Waals surface area (Å²) in [5.74, 6) is -1.97. The molecule has 32 heavy (non-hydrogen) atoms. The van der Waals surface area contributed by atoms with Crippen LogP contribution in [0.15, 0.2) is 0 Å².